The summed E-state index contributed by atoms with van der Waals surface area (Å²) in [6, 6.07) is 1.88. The second-order valence-electron chi connectivity index (χ2n) is 2.62. The monoisotopic (exact) mass is 278 g/mol. The van der Waals surface area contributed by atoms with Gasteiger partial charge in [0.15, 0.2) is 5.69 Å². The molecule has 0 spiro atoms. The summed E-state index contributed by atoms with van der Waals surface area (Å²) in [5, 5.41) is 16.7. The van der Waals surface area contributed by atoms with E-state index in [1.165, 1.54) is 0 Å². The van der Waals surface area contributed by atoms with Crippen LogP contribution < -0.4 is 0 Å². The van der Waals surface area contributed by atoms with Gasteiger partial charge in [-0.25, -0.2) is 4.98 Å². The van der Waals surface area contributed by atoms with Gasteiger partial charge in [-0.3, -0.25) is 0 Å². The molecule has 0 aliphatic rings. The fourth-order valence-corrected chi connectivity index (χ4v) is 1.81. The van der Waals surface area contributed by atoms with Gasteiger partial charge in [0, 0.05) is 0 Å². The Morgan fingerprint density at radius 1 is 1.46 bits per heavy atom. The number of nitriles is 1. The van der Waals surface area contributed by atoms with Gasteiger partial charge in [-0.15, -0.1) is 30.9 Å². The number of rotatable bonds is 1. The zero-order valence-corrected chi connectivity index (χ0v) is 10.3. The van der Waals surface area contributed by atoms with Gasteiger partial charge < -0.3 is 0 Å². The minimum absolute atomic E-state index is 0.195. The number of hydrogen-bond acceptors (Lipinski definition) is 5. The Labute approximate surface area is 91.0 Å². The first-order valence-electron chi connectivity index (χ1n) is 3.21. The van der Waals surface area contributed by atoms with E-state index in [1.54, 1.807) is 0 Å². The normalized spacial score (nSPS) is 12.2. The third-order valence-corrected chi connectivity index (χ3v) is 3.29. The molecule has 0 aliphatic carbocycles. The summed E-state index contributed by atoms with van der Waals surface area (Å²) in [7, 11) is -1.28. The molecule has 0 aromatic carbocycles. The highest BCUT2D eigenvalue weighted by molar-refractivity contribution is 9.10. The molecule has 1 aromatic heterocycles. The maximum absolute atomic E-state index is 8.58. The van der Waals surface area contributed by atoms with Crippen LogP contribution in [0.2, 0.25) is 0 Å². The summed E-state index contributed by atoms with van der Waals surface area (Å²) in [6.45, 7) is 0. The Morgan fingerprint density at radius 2 is 2.08 bits per heavy atom. The second kappa shape index (κ2) is 3.82. The van der Waals surface area contributed by atoms with Gasteiger partial charge >= 0.3 is 0 Å². The Balaban J connectivity index is 3.20. The molecule has 0 amide bonds. The van der Waals surface area contributed by atoms with E-state index in [0.29, 0.717) is 9.76 Å². The van der Waals surface area contributed by atoms with Crippen LogP contribution in [0.4, 0.5) is 0 Å². The average Bonchev–Trinajstić information content (AvgIpc) is 2.02. The van der Waals surface area contributed by atoms with Crippen molar-refractivity contribution < 1.29 is 0 Å². The first-order chi connectivity index (χ1) is 5.95. The maximum atomic E-state index is 8.58. The van der Waals surface area contributed by atoms with Crippen LogP contribution in [-0.4, -0.2) is 27.7 Å². The van der Waals surface area contributed by atoms with Gasteiger partial charge in [0.25, 0.3) is 0 Å². The predicted octanol–water partition coefficient (Wildman–Crippen LogP) is 1.77. The Morgan fingerprint density at radius 3 is 2.46 bits per heavy atom. The van der Waals surface area contributed by atoms with Gasteiger partial charge in [-0.2, -0.15) is 5.26 Å². The molecule has 1 aromatic rings. The molecule has 7 heteroatoms. The highest BCUT2D eigenvalue weighted by Gasteiger charge is 2.15. The van der Waals surface area contributed by atoms with E-state index < -0.39 is 9.06 Å². The molecule has 0 saturated heterocycles. The minimum Gasteiger partial charge on any atom is -0.212 e. The largest absolute Gasteiger partial charge is 0.212 e. The van der Waals surface area contributed by atoms with Gasteiger partial charge in [0.05, 0.1) is 0 Å². The highest BCUT2D eigenvalue weighted by Crippen LogP contribution is 2.50. The van der Waals surface area contributed by atoms with Crippen LogP contribution in [0, 0.1) is 11.3 Å². The van der Waals surface area contributed by atoms with E-state index in [2.05, 4.69) is 42.8 Å². The number of nitrogens with zero attached hydrogens (tertiary/aromatic N) is 4. The standard InChI is InChI=1S/C6H7BrN4S2/c1-13(2,12)6-9-5(7)4(3-8)10-11-6/h12H,1-2H3. The molecule has 1 rings (SSSR count). The van der Waals surface area contributed by atoms with Crippen LogP contribution in [0.15, 0.2) is 9.76 Å². The molecule has 0 unspecified atom stereocenters. The molecule has 13 heavy (non-hydrogen) atoms. The van der Waals surface area contributed by atoms with Gasteiger partial charge in [0.1, 0.15) is 10.7 Å². The Kier molecular flexibility index (Phi) is 3.16. The van der Waals surface area contributed by atoms with E-state index in [1.807, 2.05) is 18.6 Å². The lowest BCUT2D eigenvalue weighted by molar-refractivity contribution is 0.811. The van der Waals surface area contributed by atoms with E-state index in [-0.39, 0.29) is 5.69 Å². The van der Waals surface area contributed by atoms with Crippen molar-refractivity contribution in [1.29, 1.82) is 5.26 Å². The SMILES string of the molecule is CS(C)(S)c1nnc(C#N)c(Br)n1. The summed E-state index contributed by atoms with van der Waals surface area (Å²) < 4.78 is 0.426. The van der Waals surface area contributed by atoms with Gasteiger partial charge in [0.2, 0.25) is 5.16 Å². The van der Waals surface area contributed by atoms with E-state index >= 15 is 0 Å². The van der Waals surface area contributed by atoms with Crippen molar-refractivity contribution in [1.82, 2.24) is 15.2 Å². The lowest BCUT2D eigenvalue weighted by Gasteiger charge is -2.20. The van der Waals surface area contributed by atoms with Crippen LogP contribution in [-0.2, 0) is 0 Å². The summed E-state index contributed by atoms with van der Waals surface area (Å²) >= 11 is 7.51. The van der Waals surface area contributed by atoms with Crippen molar-refractivity contribution in [3.05, 3.63) is 10.3 Å². The first-order valence-corrected chi connectivity index (χ1v) is 7.51. The zero-order valence-electron chi connectivity index (χ0n) is 7.02. The lowest BCUT2D eigenvalue weighted by atomic mass is 10.5. The lowest BCUT2D eigenvalue weighted by Crippen LogP contribution is -2.01. The molecule has 0 fully saturated rings. The fraction of sp³-hybridized carbons (Fsp3) is 0.333. The quantitative estimate of drug-likeness (QED) is 0.628. The average molecular weight is 279 g/mol. The van der Waals surface area contributed by atoms with Gasteiger partial charge in [-0.05, 0) is 28.4 Å². The fourth-order valence-electron chi connectivity index (χ4n) is 0.573. The zero-order chi connectivity index (χ0) is 10.1. The summed E-state index contributed by atoms with van der Waals surface area (Å²) in [6.07, 6.45) is 3.87. The van der Waals surface area contributed by atoms with Crippen molar-refractivity contribution in [2.45, 2.75) is 5.16 Å². The summed E-state index contributed by atoms with van der Waals surface area (Å²) in [5.41, 5.74) is 0.195. The molecule has 0 saturated carbocycles. The molecule has 1 heterocycles. The minimum atomic E-state index is -1.28. The van der Waals surface area contributed by atoms with Crippen LogP contribution in [0.3, 0.4) is 0 Å². The third-order valence-electron chi connectivity index (χ3n) is 1.18. The van der Waals surface area contributed by atoms with E-state index in [9.17, 15) is 0 Å². The molecule has 4 nitrogen and oxygen atoms in total. The number of halogens is 1. The molecule has 0 N–H and O–H groups in total. The number of hydrogen-bond donors (Lipinski definition) is 1. The summed E-state index contributed by atoms with van der Waals surface area (Å²) in [4.78, 5) is 4.10. The second-order valence-corrected chi connectivity index (χ2v) is 9.02. The van der Waals surface area contributed by atoms with E-state index in [4.69, 9.17) is 5.26 Å². The smallest absolute Gasteiger partial charge is 0.201 e. The molecule has 0 atom stereocenters. The Hall–Kier alpha value is -0.320. The molecular formula is C6H7BrN4S2. The molecule has 0 bridgehead atoms. The van der Waals surface area contributed by atoms with Crippen LogP contribution >= 0.6 is 36.7 Å². The predicted molar refractivity (Wildman–Crippen MR) is 58.9 cm³/mol. The maximum Gasteiger partial charge on any atom is 0.201 e. The van der Waals surface area contributed by atoms with Crippen LogP contribution in [0.5, 0.6) is 0 Å². The van der Waals surface area contributed by atoms with Crippen molar-refractivity contribution in [3.8, 4) is 6.07 Å². The van der Waals surface area contributed by atoms with E-state index in [0.717, 1.165) is 0 Å². The van der Waals surface area contributed by atoms with Gasteiger partial charge in [-0.1, -0.05) is 0 Å². The molecule has 0 aliphatic heterocycles. The number of aromatic nitrogens is 3. The molecular weight excluding hydrogens is 272 g/mol. The molecule has 0 radical (unpaired) electrons. The number of thiol groups is 1. The Bertz CT molecular complexity index is 368. The van der Waals surface area contributed by atoms with Crippen molar-refractivity contribution >= 4 is 36.7 Å². The van der Waals surface area contributed by atoms with Crippen LogP contribution in [0.1, 0.15) is 5.69 Å². The first kappa shape index (κ1) is 10.8. The summed E-state index contributed by atoms with van der Waals surface area (Å²) in [5.74, 6) is 0. The molecule has 70 valence electrons. The third kappa shape index (κ3) is 2.56. The highest BCUT2D eigenvalue weighted by atomic mass is 79.9. The van der Waals surface area contributed by atoms with Crippen molar-refractivity contribution in [2.75, 3.05) is 12.5 Å². The van der Waals surface area contributed by atoms with Crippen LogP contribution in [0.25, 0.3) is 0 Å². The van der Waals surface area contributed by atoms with Crippen molar-refractivity contribution in [2.24, 2.45) is 0 Å². The topological polar surface area (TPSA) is 62.5 Å². The van der Waals surface area contributed by atoms with Crippen molar-refractivity contribution in [3.63, 3.8) is 0 Å².